The Labute approximate surface area is 186 Å². The smallest absolute Gasteiger partial charge is 0.227 e. The maximum Gasteiger partial charge on any atom is 0.227 e. The molecule has 164 valence electrons. The van der Waals surface area contributed by atoms with Crippen LogP contribution in [0.4, 0.5) is 15.9 Å². The van der Waals surface area contributed by atoms with Crippen molar-refractivity contribution in [2.24, 2.45) is 0 Å². The van der Waals surface area contributed by atoms with E-state index in [0.29, 0.717) is 35.3 Å². The van der Waals surface area contributed by atoms with Crippen LogP contribution in [0.1, 0.15) is 12.8 Å². The van der Waals surface area contributed by atoms with Gasteiger partial charge in [0.15, 0.2) is 0 Å². The largest absolute Gasteiger partial charge is 0.507 e. The molecule has 0 unspecified atom stereocenters. The Balaban J connectivity index is 1.48. The van der Waals surface area contributed by atoms with Gasteiger partial charge in [-0.15, -0.1) is 0 Å². The number of amides is 1. The van der Waals surface area contributed by atoms with E-state index >= 15 is 0 Å². The molecule has 0 bridgehead atoms. The Morgan fingerprint density at radius 1 is 0.969 bits per heavy atom. The van der Waals surface area contributed by atoms with Crippen molar-refractivity contribution in [1.82, 2.24) is 10.3 Å². The van der Waals surface area contributed by atoms with Crippen molar-refractivity contribution in [1.29, 1.82) is 0 Å². The van der Waals surface area contributed by atoms with Crippen LogP contribution in [0.3, 0.4) is 0 Å². The second-order valence-corrected chi connectivity index (χ2v) is 8.16. The number of phenolic OH excluding ortho intramolecular Hbond substituents is 1. The number of pyridine rings is 1. The first-order chi connectivity index (χ1) is 15.6. The molecule has 2 aliphatic rings. The van der Waals surface area contributed by atoms with Gasteiger partial charge in [-0.3, -0.25) is 4.79 Å². The molecule has 5 rings (SSSR count). The molecule has 2 fully saturated rings. The fourth-order valence-electron chi connectivity index (χ4n) is 4.46. The number of hydrogen-bond acceptors (Lipinski definition) is 5. The Morgan fingerprint density at radius 3 is 2.41 bits per heavy atom. The monoisotopic (exact) mass is 432 g/mol. The lowest BCUT2D eigenvalue weighted by Crippen LogP contribution is -2.43. The molecule has 6 nitrogen and oxygen atoms in total. The minimum atomic E-state index is -0.465. The summed E-state index contributed by atoms with van der Waals surface area (Å²) >= 11 is 0. The molecule has 3 aromatic rings. The molecule has 2 N–H and O–H groups in total. The summed E-state index contributed by atoms with van der Waals surface area (Å²) in [5.74, 6) is 0.445. The van der Waals surface area contributed by atoms with Crippen molar-refractivity contribution in [2.75, 3.05) is 42.5 Å². The second kappa shape index (κ2) is 8.59. The quantitative estimate of drug-likeness (QED) is 0.657. The molecule has 0 aliphatic carbocycles. The van der Waals surface area contributed by atoms with Crippen molar-refractivity contribution in [2.45, 2.75) is 12.8 Å². The molecule has 0 saturated carbocycles. The number of piperazine rings is 1. The first-order valence-corrected chi connectivity index (χ1v) is 11.0. The first-order valence-electron chi connectivity index (χ1n) is 11.0. The van der Waals surface area contributed by atoms with Gasteiger partial charge in [0.1, 0.15) is 17.4 Å². The van der Waals surface area contributed by atoms with Gasteiger partial charge >= 0.3 is 0 Å². The molecule has 2 aliphatic heterocycles. The Kier molecular flexibility index (Phi) is 5.49. The Morgan fingerprint density at radius 2 is 1.72 bits per heavy atom. The van der Waals surface area contributed by atoms with Gasteiger partial charge in [-0.05, 0) is 41.8 Å². The van der Waals surface area contributed by atoms with Crippen LogP contribution in [0.15, 0.2) is 54.7 Å². The van der Waals surface area contributed by atoms with Gasteiger partial charge in [0.2, 0.25) is 5.91 Å². The van der Waals surface area contributed by atoms with E-state index in [1.807, 2.05) is 24.3 Å². The Bertz CT molecular complexity index is 1160. The van der Waals surface area contributed by atoms with Gasteiger partial charge in [-0.2, -0.15) is 0 Å². The molecule has 0 radical (unpaired) electrons. The summed E-state index contributed by atoms with van der Waals surface area (Å²) in [6, 6.07) is 14.1. The molecule has 7 heteroatoms. The molecule has 2 aromatic carbocycles. The first kappa shape index (κ1) is 20.5. The highest BCUT2D eigenvalue weighted by Crippen LogP contribution is 2.39. The van der Waals surface area contributed by atoms with Gasteiger partial charge in [-0.1, -0.05) is 24.3 Å². The number of rotatable bonds is 4. The number of halogens is 1. The molecule has 0 spiro atoms. The van der Waals surface area contributed by atoms with Crippen LogP contribution < -0.4 is 15.1 Å². The lowest BCUT2D eigenvalue weighted by molar-refractivity contribution is -0.117. The molecular weight excluding hydrogens is 407 g/mol. The third-order valence-electron chi connectivity index (χ3n) is 6.16. The molecule has 0 atom stereocenters. The van der Waals surface area contributed by atoms with E-state index < -0.39 is 5.82 Å². The predicted molar refractivity (Wildman–Crippen MR) is 123 cm³/mol. The van der Waals surface area contributed by atoms with Crippen LogP contribution in [0.5, 0.6) is 5.75 Å². The van der Waals surface area contributed by atoms with Gasteiger partial charge in [0, 0.05) is 56.5 Å². The zero-order valence-electron chi connectivity index (χ0n) is 17.7. The third kappa shape index (κ3) is 3.80. The van der Waals surface area contributed by atoms with Gasteiger partial charge in [0.05, 0.1) is 5.69 Å². The van der Waals surface area contributed by atoms with Crippen LogP contribution in [0.25, 0.3) is 22.3 Å². The Hall–Kier alpha value is -3.45. The van der Waals surface area contributed by atoms with E-state index in [1.54, 1.807) is 24.4 Å². The van der Waals surface area contributed by atoms with E-state index in [9.17, 15) is 14.3 Å². The van der Waals surface area contributed by atoms with E-state index in [1.165, 1.54) is 11.0 Å². The number of nitrogens with zero attached hydrogens (tertiary/aromatic N) is 3. The van der Waals surface area contributed by atoms with Crippen LogP contribution in [0.2, 0.25) is 0 Å². The van der Waals surface area contributed by atoms with Crippen molar-refractivity contribution >= 4 is 17.4 Å². The van der Waals surface area contributed by atoms with Gasteiger partial charge in [-0.25, -0.2) is 9.37 Å². The number of carbonyl (C=O) groups is 1. The number of benzene rings is 2. The maximum atomic E-state index is 14.9. The molecule has 3 heterocycles. The van der Waals surface area contributed by atoms with Crippen molar-refractivity contribution in [3.8, 4) is 28.0 Å². The standard InChI is InChI=1S/C25H25FN4O2/c26-21-15-17(6-7-22(21)30-12-2-5-24(30)31)19-3-1-4-20(25(19)32)18-8-9-28-23(16-18)29-13-10-27-11-14-29/h1,3-4,6-9,15-16,27,32H,2,5,10-14H2. The van der Waals surface area contributed by atoms with Crippen LogP contribution in [-0.2, 0) is 4.79 Å². The van der Waals surface area contributed by atoms with Gasteiger partial charge in [0.25, 0.3) is 0 Å². The number of nitrogens with one attached hydrogen (secondary N) is 1. The summed E-state index contributed by atoms with van der Waals surface area (Å²) in [5, 5.41) is 14.4. The van der Waals surface area contributed by atoms with Crippen molar-refractivity contribution in [3.05, 3.63) is 60.5 Å². The number of para-hydroxylation sites is 1. The lowest BCUT2D eigenvalue weighted by Gasteiger charge is -2.28. The number of aromatic nitrogens is 1. The average molecular weight is 432 g/mol. The molecule has 32 heavy (non-hydrogen) atoms. The number of carbonyl (C=O) groups excluding carboxylic acids is 1. The maximum absolute atomic E-state index is 14.9. The zero-order chi connectivity index (χ0) is 22.1. The summed E-state index contributed by atoms with van der Waals surface area (Å²) in [5.41, 5.74) is 2.92. The topological polar surface area (TPSA) is 68.7 Å². The van der Waals surface area contributed by atoms with Crippen LogP contribution in [0, 0.1) is 5.82 Å². The van der Waals surface area contributed by atoms with Crippen molar-refractivity contribution < 1.29 is 14.3 Å². The predicted octanol–water partition coefficient (Wildman–Crippen LogP) is 3.80. The normalized spacial score (nSPS) is 16.6. The van der Waals surface area contributed by atoms with Crippen LogP contribution in [-0.4, -0.2) is 48.7 Å². The van der Waals surface area contributed by atoms with E-state index in [-0.39, 0.29) is 11.7 Å². The molecular formula is C25H25FN4O2. The highest BCUT2D eigenvalue weighted by atomic mass is 19.1. The molecule has 1 aromatic heterocycles. The lowest BCUT2D eigenvalue weighted by atomic mass is 9.97. The number of hydrogen-bond donors (Lipinski definition) is 2. The summed E-state index contributed by atoms with van der Waals surface area (Å²) < 4.78 is 14.9. The van der Waals surface area contributed by atoms with Crippen molar-refractivity contribution in [3.63, 3.8) is 0 Å². The highest BCUT2D eigenvalue weighted by Gasteiger charge is 2.24. The van der Waals surface area contributed by atoms with Gasteiger partial charge < -0.3 is 20.2 Å². The fraction of sp³-hybridized carbons (Fsp3) is 0.280. The summed E-state index contributed by atoms with van der Waals surface area (Å²) in [4.78, 5) is 20.2. The fourth-order valence-corrected chi connectivity index (χ4v) is 4.46. The third-order valence-corrected chi connectivity index (χ3v) is 6.16. The summed E-state index contributed by atoms with van der Waals surface area (Å²) in [6.07, 6.45) is 2.94. The number of aromatic hydroxyl groups is 1. The van der Waals surface area contributed by atoms with Crippen LogP contribution >= 0.6 is 0 Å². The van der Waals surface area contributed by atoms with E-state index in [4.69, 9.17) is 0 Å². The minimum absolute atomic E-state index is 0.0560. The highest BCUT2D eigenvalue weighted by molar-refractivity contribution is 5.96. The minimum Gasteiger partial charge on any atom is -0.507 e. The van der Waals surface area contributed by atoms with E-state index in [0.717, 1.165) is 44.0 Å². The molecule has 2 saturated heterocycles. The number of phenols is 1. The van der Waals surface area contributed by atoms with E-state index in [2.05, 4.69) is 15.2 Å². The summed E-state index contributed by atoms with van der Waals surface area (Å²) in [7, 11) is 0. The summed E-state index contributed by atoms with van der Waals surface area (Å²) in [6.45, 7) is 4.13. The second-order valence-electron chi connectivity index (χ2n) is 8.16. The average Bonchev–Trinajstić information content (AvgIpc) is 3.25. The number of anilines is 2. The SMILES string of the molecule is O=C1CCCN1c1ccc(-c2cccc(-c3ccnc(N4CCNCC4)c3)c2O)cc1F. The zero-order valence-corrected chi connectivity index (χ0v) is 17.7. The molecule has 1 amide bonds.